The maximum Gasteiger partial charge on any atom is 0.321 e. The zero-order valence-electron chi connectivity index (χ0n) is 11.9. The number of rotatable bonds is 3. The van der Waals surface area contributed by atoms with Gasteiger partial charge < -0.3 is 9.90 Å². The van der Waals surface area contributed by atoms with Crippen LogP contribution in [0.3, 0.4) is 0 Å². The van der Waals surface area contributed by atoms with Gasteiger partial charge in [-0.15, -0.1) is 0 Å². The van der Waals surface area contributed by atoms with Crippen molar-refractivity contribution in [2.75, 3.05) is 0 Å². The van der Waals surface area contributed by atoms with Crippen molar-refractivity contribution in [3.63, 3.8) is 0 Å². The molecule has 1 saturated carbocycles. The smallest absolute Gasteiger partial charge is 0.321 e. The average Bonchev–Trinajstić information content (AvgIpc) is 2.86. The van der Waals surface area contributed by atoms with Crippen molar-refractivity contribution in [2.24, 2.45) is 0 Å². The van der Waals surface area contributed by atoms with Gasteiger partial charge in [0.15, 0.2) is 0 Å². The maximum absolute atomic E-state index is 11.5. The predicted molar refractivity (Wildman–Crippen MR) is 81.0 cm³/mol. The van der Waals surface area contributed by atoms with Gasteiger partial charge in [-0.2, -0.15) is 0 Å². The fourth-order valence-electron chi connectivity index (χ4n) is 3.85. The summed E-state index contributed by atoms with van der Waals surface area (Å²) in [6, 6.07) is 3.79. The molecule has 0 heterocycles. The van der Waals surface area contributed by atoms with E-state index in [1.807, 2.05) is 0 Å². The summed E-state index contributed by atoms with van der Waals surface area (Å²) in [4.78, 5) is 22.9. The lowest BCUT2D eigenvalue weighted by molar-refractivity contribution is -0.145. The molecule has 3 nitrogen and oxygen atoms in total. The Kier molecular flexibility index (Phi) is 3.78. The molecule has 1 aromatic carbocycles. The number of aldehydes is 1. The Labute approximate surface area is 129 Å². The summed E-state index contributed by atoms with van der Waals surface area (Å²) in [5.74, 6) is -0.592. The molecule has 21 heavy (non-hydrogen) atoms. The first-order valence-electron chi connectivity index (χ1n) is 7.61. The predicted octanol–water partition coefficient (Wildman–Crippen LogP) is 3.86. The highest BCUT2D eigenvalue weighted by Crippen LogP contribution is 2.44. The fraction of sp³-hybridized carbons (Fsp3) is 0.529. The summed E-state index contributed by atoms with van der Waals surface area (Å²) >= 11 is 6.42. The minimum atomic E-state index is -1.40. The molecule has 0 spiro atoms. The average molecular weight is 307 g/mol. The third-order valence-corrected chi connectivity index (χ3v) is 5.45. The molecule has 1 atom stereocenters. The van der Waals surface area contributed by atoms with Crippen LogP contribution in [0.25, 0.3) is 0 Å². The second-order valence-electron chi connectivity index (χ2n) is 6.26. The van der Waals surface area contributed by atoms with E-state index in [-0.39, 0.29) is 0 Å². The highest BCUT2D eigenvalue weighted by Gasteiger charge is 2.46. The molecule has 2 aliphatic carbocycles. The Morgan fingerprint density at radius 1 is 1.29 bits per heavy atom. The Hall–Kier alpha value is -1.35. The molecule has 0 saturated heterocycles. The lowest BCUT2D eigenvalue weighted by Gasteiger charge is -2.25. The first kappa shape index (κ1) is 14.6. The molecule has 0 amide bonds. The van der Waals surface area contributed by atoms with Gasteiger partial charge in [0.05, 0.1) is 0 Å². The van der Waals surface area contributed by atoms with Gasteiger partial charge in [-0.05, 0) is 54.4 Å². The lowest BCUT2D eigenvalue weighted by Crippen LogP contribution is -2.35. The van der Waals surface area contributed by atoms with Crippen LogP contribution in [-0.4, -0.2) is 17.4 Å². The number of hydrogen-bond donors (Lipinski definition) is 1. The Morgan fingerprint density at radius 2 is 2.00 bits per heavy atom. The van der Waals surface area contributed by atoms with Crippen LogP contribution in [0.5, 0.6) is 0 Å². The maximum atomic E-state index is 11.5. The topological polar surface area (TPSA) is 54.4 Å². The largest absolute Gasteiger partial charge is 0.480 e. The third kappa shape index (κ3) is 2.28. The first-order valence-corrected chi connectivity index (χ1v) is 7.99. The normalized spacial score (nSPS) is 25.6. The standard InChI is InChI=1S/C17H19ClO3/c18-15-9-14-12(6-7-17(14,10-19)16(20)21)8-13(15)11-4-2-1-3-5-11/h8-11H,1-7H2,(H,20,21). The van der Waals surface area contributed by atoms with E-state index < -0.39 is 11.4 Å². The van der Waals surface area contributed by atoms with Crippen LogP contribution in [0.4, 0.5) is 0 Å². The molecular formula is C17H19ClO3. The number of aryl methyl sites for hydroxylation is 1. The van der Waals surface area contributed by atoms with E-state index in [0.29, 0.717) is 35.6 Å². The van der Waals surface area contributed by atoms with Gasteiger partial charge in [0, 0.05) is 5.02 Å². The number of carbonyl (C=O) groups excluding carboxylic acids is 1. The van der Waals surface area contributed by atoms with E-state index in [1.54, 1.807) is 6.07 Å². The van der Waals surface area contributed by atoms with E-state index in [2.05, 4.69) is 6.07 Å². The van der Waals surface area contributed by atoms with Gasteiger partial charge in [0.25, 0.3) is 0 Å². The number of aliphatic carboxylic acids is 1. The molecule has 112 valence electrons. The lowest BCUT2D eigenvalue weighted by atomic mass is 9.80. The van der Waals surface area contributed by atoms with Crippen molar-refractivity contribution in [3.05, 3.63) is 33.8 Å². The number of fused-ring (bicyclic) bond motifs is 1. The van der Waals surface area contributed by atoms with Gasteiger partial charge in [0.1, 0.15) is 11.7 Å². The molecule has 0 bridgehead atoms. The second-order valence-corrected chi connectivity index (χ2v) is 6.67. The quantitative estimate of drug-likeness (QED) is 0.681. The molecule has 4 heteroatoms. The molecular weight excluding hydrogens is 288 g/mol. The van der Waals surface area contributed by atoms with Gasteiger partial charge in [-0.3, -0.25) is 4.79 Å². The van der Waals surface area contributed by atoms with Crippen LogP contribution in [0.1, 0.15) is 61.1 Å². The Balaban J connectivity index is 2.03. The molecule has 0 aliphatic heterocycles. The number of benzene rings is 1. The van der Waals surface area contributed by atoms with Crippen molar-refractivity contribution in [3.8, 4) is 0 Å². The monoisotopic (exact) mass is 306 g/mol. The van der Waals surface area contributed by atoms with Crippen LogP contribution in [-0.2, 0) is 21.4 Å². The number of carboxylic acids is 1. The summed E-state index contributed by atoms with van der Waals surface area (Å²) in [5.41, 5.74) is 1.32. The van der Waals surface area contributed by atoms with Crippen molar-refractivity contribution in [2.45, 2.75) is 56.3 Å². The summed E-state index contributed by atoms with van der Waals surface area (Å²) < 4.78 is 0. The van der Waals surface area contributed by atoms with Crippen molar-refractivity contribution >= 4 is 23.9 Å². The summed E-state index contributed by atoms with van der Waals surface area (Å²) in [6.07, 6.45) is 7.58. The third-order valence-electron chi connectivity index (χ3n) is 5.12. The molecule has 0 radical (unpaired) electrons. The van der Waals surface area contributed by atoms with Crippen molar-refractivity contribution < 1.29 is 14.7 Å². The SMILES string of the molecule is O=CC1(C(=O)O)CCc2cc(C3CCCCC3)c(Cl)cc21. The number of carboxylic acid groups (broad SMARTS) is 1. The van der Waals surface area contributed by atoms with Crippen LogP contribution in [0, 0.1) is 0 Å². The van der Waals surface area contributed by atoms with Crippen LogP contribution < -0.4 is 0 Å². The zero-order valence-corrected chi connectivity index (χ0v) is 12.7. The van der Waals surface area contributed by atoms with Crippen LogP contribution in [0.15, 0.2) is 12.1 Å². The number of halogens is 1. The second kappa shape index (κ2) is 5.45. The zero-order chi connectivity index (χ0) is 15.0. The summed E-state index contributed by atoms with van der Waals surface area (Å²) in [6.45, 7) is 0. The Bertz CT molecular complexity index is 590. The van der Waals surface area contributed by atoms with E-state index in [9.17, 15) is 14.7 Å². The molecule has 3 rings (SSSR count). The first-order chi connectivity index (χ1) is 10.1. The fourth-order valence-corrected chi connectivity index (χ4v) is 4.17. The molecule has 1 unspecified atom stereocenters. The molecule has 2 aliphatic rings. The van der Waals surface area contributed by atoms with Crippen molar-refractivity contribution in [1.29, 1.82) is 0 Å². The number of carbonyl (C=O) groups is 2. The van der Waals surface area contributed by atoms with Gasteiger partial charge >= 0.3 is 5.97 Å². The minimum Gasteiger partial charge on any atom is -0.480 e. The molecule has 0 aromatic heterocycles. The number of hydrogen-bond acceptors (Lipinski definition) is 2. The van der Waals surface area contributed by atoms with Crippen molar-refractivity contribution in [1.82, 2.24) is 0 Å². The molecule has 1 aromatic rings. The van der Waals surface area contributed by atoms with E-state index in [4.69, 9.17) is 11.6 Å². The van der Waals surface area contributed by atoms with Gasteiger partial charge in [-0.1, -0.05) is 36.9 Å². The molecule has 1 fully saturated rings. The Morgan fingerprint density at radius 3 is 2.62 bits per heavy atom. The van der Waals surface area contributed by atoms with E-state index in [0.717, 1.165) is 24.0 Å². The minimum absolute atomic E-state index is 0.339. The van der Waals surface area contributed by atoms with Gasteiger partial charge in [0.2, 0.25) is 0 Å². The summed E-state index contributed by atoms with van der Waals surface area (Å²) in [5, 5.41) is 10.1. The summed E-state index contributed by atoms with van der Waals surface area (Å²) in [7, 11) is 0. The van der Waals surface area contributed by atoms with Crippen LogP contribution >= 0.6 is 11.6 Å². The van der Waals surface area contributed by atoms with Gasteiger partial charge in [-0.25, -0.2) is 0 Å². The van der Waals surface area contributed by atoms with E-state index in [1.165, 1.54) is 19.3 Å². The van der Waals surface area contributed by atoms with E-state index >= 15 is 0 Å². The highest BCUT2D eigenvalue weighted by molar-refractivity contribution is 6.31. The highest BCUT2D eigenvalue weighted by atomic mass is 35.5. The molecule has 1 N–H and O–H groups in total. The van der Waals surface area contributed by atoms with Crippen LogP contribution in [0.2, 0.25) is 5.02 Å².